The van der Waals surface area contributed by atoms with Crippen LogP contribution in [0.2, 0.25) is 0 Å². The zero-order chi connectivity index (χ0) is 11.4. The van der Waals surface area contributed by atoms with Crippen LogP contribution in [0.5, 0.6) is 0 Å². The van der Waals surface area contributed by atoms with Gasteiger partial charge in [0.15, 0.2) is 0 Å². The van der Waals surface area contributed by atoms with Crippen LogP contribution in [0.25, 0.3) is 0 Å². The van der Waals surface area contributed by atoms with Gasteiger partial charge in [-0.3, -0.25) is 0 Å². The van der Waals surface area contributed by atoms with Crippen LogP contribution in [-0.4, -0.2) is 17.4 Å². The molecule has 0 bridgehead atoms. The lowest BCUT2D eigenvalue weighted by atomic mass is 9.98. The average molecular weight is 233 g/mol. The highest BCUT2D eigenvalue weighted by Gasteiger charge is 2.14. The van der Waals surface area contributed by atoms with E-state index in [1.54, 1.807) is 5.57 Å². The van der Waals surface area contributed by atoms with Gasteiger partial charge in [0.1, 0.15) is 0 Å². The number of hydrogen-bond donors (Lipinski definition) is 0. The first-order valence-electron chi connectivity index (χ1n) is 5.92. The Labute approximate surface area is 103 Å². The minimum Gasteiger partial charge on any atom is -0.242 e. The molecule has 1 aliphatic heterocycles. The molecular formula is C14H19NS. The molecule has 86 valence electrons. The summed E-state index contributed by atoms with van der Waals surface area (Å²) in [4.78, 5) is 1.34. The van der Waals surface area contributed by atoms with Crippen molar-refractivity contribution in [3.05, 3.63) is 42.0 Å². The van der Waals surface area contributed by atoms with Gasteiger partial charge in [0.2, 0.25) is 0 Å². The van der Waals surface area contributed by atoms with E-state index in [2.05, 4.69) is 54.6 Å². The van der Waals surface area contributed by atoms with Crippen molar-refractivity contribution in [3.63, 3.8) is 0 Å². The first-order valence-corrected chi connectivity index (χ1v) is 6.70. The first-order chi connectivity index (χ1) is 7.75. The van der Waals surface area contributed by atoms with Gasteiger partial charge in [-0.05, 0) is 36.4 Å². The first kappa shape index (κ1) is 11.7. The quantitative estimate of drug-likeness (QED) is 0.574. The third kappa shape index (κ3) is 3.13. The molecule has 0 aromatic heterocycles. The molecule has 0 N–H and O–H groups in total. The predicted octanol–water partition coefficient (Wildman–Crippen LogP) is 3.98. The second-order valence-electron chi connectivity index (χ2n) is 4.48. The molecular weight excluding hydrogens is 214 g/mol. The molecule has 0 fully saturated rings. The van der Waals surface area contributed by atoms with E-state index in [4.69, 9.17) is 0 Å². The van der Waals surface area contributed by atoms with Gasteiger partial charge in [-0.1, -0.05) is 43.7 Å². The smallest absolute Gasteiger partial charge is 0.0276 e. The van der Waals surface area contributed by atoms with E-state index in [0.717, 1.165) is 6.54 Å². The van der Waals surface area contributed by atoms with Crippen LogP contribution in [0.15, 0.2) is 46.9 Å². The van der Waals surface area contributed by atoms with Crippen LogP contribution < -0.4 is 0 Å². The summed E-state index contributed by atoms with van der Waals surface area (Å²) < 4.78 is 2.43. The van der Waals surface area contributed by atoms with Crippen molar-refractivity contribution in [1.29, 1.82) is 0 Å². The summed E-state index contributed by atoms with van der Waals surface area (Å²) in [5.41, 5.74) is 1.62. The fourth-order valence-corrected chi connectivity index (χ4v) is 2.81. The topological polar surface area (TPSA) is 3.24 Å². The lowest BCUT2D eigenvalue weighted by Crippen LogP contribution is -2.23. The van der Waals surface area contributed by atoms with Gasteiger partial charge in [-0.2, -0.15) is 0 Å². The lowest BCUT2D eigenvalue weighted by molar-refractivity contribution is 0.478. The van der Waals surface area contributed by atoms with Crippen molar-refractivity contribution in [2.45, 2.75) is 25.2 Å². The van der Waals surface area contributed by atoms with Gasteiger partial charge in [-0.15, -0.1) is 0 Å². The molecule has 1 aliphatic rings. The van der Waals surface area contributed by atoms with Crippen LogP contribution in [0.4, 0.5) is 0 Å². The maximum Gasteiger partial charge on any atom is 0.0276 e. The van der Waals surface area contributed by atoms with E-state index in [-0.39, 0.29) is 0 Å². The Hall–Kier alpha value is -0.730. The van der Waals surface area contributed by atoms with E-state index in [0.29, 0.717) is 5.92 Å². The van der Waals surface area contributed by atoms with Gasteiger partial charge in [-0.25, -0.2) is 4.31 Å². The molecule has 0 unspecified atom stereocenters. The van der Waals surface area contributed by atoms with E-state index in [1.807, 2.05) is 11.9 Å². The van der Waals surface area contributed by atoms with E-state index in [1.165, 1.54) is 17.9 Å². The molecule has 0 saturated heterocycles. The molecule has 2 heteroatoms. The second-order valence-corrected chi connectivity index (χ2v) is 5.65. The van der Waals surface area contributed by atoms with Gasteiger partial charge in [0, 0.05) is 18.0 Å². The third-order valence-corrected chi connectivity index (χ3v) is 4.00. The normalized spacial score (nSPS) is 17.6. The maximum absolute atomic E-state index is 2.43. The molecule has 0 amide bonds. The van der Waals surface area contributed by atoms with Crippen LogP contribution in [-0.2, 0) is 0 Å². The molecule has 2 rings (SSSR count). The molecule has 1 aromatic carbocycles. The van der Waals surface area contributed by atoms with E-state index < -0.39 is 0 Å². The Balaban J connectivity index is 1.91. The molecule has 1 heterocycles. The van der Waals surface area contributed by atoms with Gasteiger partial charge < -0.3 is 0 Å². The molecule has 0 radical (unpaired) electrons. The summed E-state index contributed by atoms with van der Waals surface area (Å²) in [5, 5.41) is 0. The van der Waals surface area contributed by atoms with Crippen molar-refractivity contribution in [3.8, 4) is 0 Å². The summed E-state index contributed by atoms with van der Waals surface area (Å²) in [7, 11) is 0. The summed E-state index contributed by atoms with van der Waals surface area (Å²) >= 11 is 1.87. The van der Waals surface area contributed by atoms with Crippen molar-refractivity contribution in [1.82, 2.24) is 4.31 Å². The number of nitrogens with zero attached hydrogens (tertiary/aromatic N) is 1. The van der Waals surface area contributed by atoms with Gasteiger partial charge >= 0.3 is 0 Å². The van der Waals surface area contributed by atoms with Crippen molar-refractivity contribution in [2.75, 3.05) is 13.1 Å². The molecule has 0 atom stereocenters. The monoisotopic (exact) mass is 233 g/mol. The van der Waals surface area contributed by atoms with Crippen LogP contribution in [0, 0.1) is 5.92 Å². The Kier molecular flexibility index (Phi) is 4.08. The number of hydrogen-bond acceptors (Lipinski definition) is 2. The summed E-state index contributed by atoms with van der Waals surface area (Å²) in [6.45, 7) is 6.81. The predicted molar refractivity (Wildman–Crippen MR) is 71.4 cm³/mol. The van der Waals surface area contributed by atoms with E-state index >= 15 is 0 Å². The van der Waals surface area contributed by atoms with Crippen LogP contribution in [0.1, 0.15) is 20.3 Å². The molecule has 0 saturated carbocycles. The fourth-order valence-electron chi connectivity index (χ4n) is 1.90. The third-order valence-electron chi connectivity index (χ3n) is 2.93. The van der Waals surface area contributed by atoms with Crippen LogP contribution >= 0.6 is 11.9 Å². The molecule has 16 heavy (non-hydrogen) atoms. The zero-order valence-electron chi connectivity index (χ0n) is 10.0. The highest BCUT2D eigenvalue weighted by Crippen LogP contribution is 2.27. The second kappa shape index (κ2) is 5.55. The van der Waals surface area contributed by atoms with Gasteiger partial charge in [0.25, 0.3) is 0 Å². The van der Waals surface area contributed by atoms with Gasteiger partial charge in [0.05, 0.1) is 0 Å². The Morgan fingerprint density at radius 3 is 2.50 bits per heavy atom. The Bertz CT molecular complexity index is 356. The zero-order valence-corrected chi connectivity index (χ0v) is 10.8. The van der Waals surface area contributed by atoms with Crippen molar-refractivity contribution >= 4 is 11.9 Å². The Morgan fingerprint density at radius 1 is 1.19 bits per heavy atom. The molecule has 1 nitrogen and oxygen atoms in total. The largest absolute Gasteiger partial charge is 0.242 e. The molecule has 0 aliphatic carbocycles. The standard InChI is InChI=1S/C14H19NS/c1-12(2)13-8-10-15(11-9-13)16-14-6-4-3-5-7-14/h3-8,12H,9-11H2,1-2H3. The number of rotatable bonds is 3. The van der Waals surface area contributed by atoms with Crippen LogP contribution in [0.3, 0.4) is 0 Å². The lowest BCUT2D eigenvalue weighted by Gasteiger charge is -2.26. The minimum atomic E-state index is 0.712. The minimum absolute atomic E-state index is 0.712. The summed E-state index contributed by atoms with van der Waals surface area (Å²) in [6, 6.07) is 10.6. The maximum atomic E-state index is 2.43. The van der Waals surface area contributed by atoms with E-state index in [9.17, 15) is 0 Å². The molecule has 0 spiro atoms. The molecule has 1 aromatic rings. The van der Waals surface area contributed by atoms with Crippen molar-refractivity contribution < 1.29 is 0 Å². The average Bonchev–Trinajstić information content (AvgIpc) is 2.31. The SMILES string of the molecule is CC(C)C1=CCN(Sc2ccccc2)CC1. The highest BCUT2D eigenvalue weighted by molar-refractivity contribution is 7.97. The Morgan fingerprint density at radius 2 is 1.94 bits per heavy atom. The fraction of sp³-hybridized carbons (Fsp3) is 0.429. The summed E-state index contributed by atoms with van der Waals surface area (Å²) in [5.74, 6) is 0.712. The number of benzene rings is 1. The summed E-state index contributed by atoms with van der Waals surface area (Å²) in [6.07, 6.45) is 3.61. The van der Waals surface area contributed by atoms with Crippen molar-refractivity contribution in [2.24, 2.45) is 5.92 Å². The highest BCUT2D eigenvalue weighted by atomic mass is 32.2.